The van der Waals surface area contributed by atoms with Gasteiger partial charge in [-0.15, -0.1) is 0 Å². The minimum absolute atomic E-state index is 0.0414. The molecule has 2 aromatic rings. The van der Waals surface area contributed by atoms with Gasteiger partial charge in [0.15, 0.2) is 5.78 Å². The lowest BCUT2D eigenvalue weighted by molar-refractivity contribution is -0.144. The van der Waals surface area contributed by atoms with Crippen LogP contribution in [0.25, 0.3) is 0 Å². The number of hydrogen-bond donors (Lipinski definition) is 2. The number of rotatable bonds is 4. The molecule has 2 aromatic carbocycles. The molecule has 2 unspecified atom stereocenters. The summed E-state index contributed by atoms with van der Waals surface area (Å²) in [7, 11) is 0. The Bertz CT molecular complexity index is 1260. The molecule has 0 bridgehead atoms. The maximum Gasteiger partial charge on any atom is 0.337 e. The van der Waals surface area contributed by atoms with E-state index >= 15 is 0 Å². The standard InChI is InChI=1S/C28H27ClFNO4/c1-15-25(28(34)35-20-7-2-3-8-20)26(17-5-4-6-19(32)11-17)27-23(31-15)13-18(14-24(27)33)16-9-10-21(29)22(30)12-16/h4-6,9-12,18,20,26,31-32H,2-3,7-8,13-14H2,1H3. The smallest absolute Gasteiger partial charge is 0.337 e. The lowest BCUT2D eigenvalue weighted by atomic mass is 9.71. The highest BCUT2D eigenvalue weighted by Gasteiger charge is 2.42. The topological polar surface area (TPSA) is 75.6 Å². The zero-order chi connectivity index (χ0) is 24.7. The Hall–Kier alpha value is -3.12. The van der Waals surface area contributed by atoms with Gasteiger partial charge in [-0.2, -0.15) is 0 Å². The second kappa shape index (κ2) is 9.50. The number of ether oxygens (including phenoxy) is 1. The summed E-state index contributed by atoms with van der Waals surface area (Å²) in [6, 6.07) is 11.3. The van der Waals surface area contributed by atoms with Crippen LogP contribution in [0.3, 0.4) is 0 Å². The second-order valence-electron chi connectivity index (χ2n) is 9.60. The molecule has 182 valence electrons. The average Bonchev–Trinajstić information content (AvgIpc) is 3.32. The summed E-state index contributed by atoms with van der Waals surface area (Å²) < 4.78 is 20.0. The normalized spacial score (nSPS) is 22.8. The quantitative estimate of drug-likeness (QED) is 0.506. The van der Waals surface area contributed by atoms with Crippen LogP contribution in [0.2, 0.25) is 5.02 Å². The molecule has 35 heavy (non-hydrogen) atoms. The number of benzene rings is 2. The van der Waals surface area contributed by atoms with Gasteiger partial charge in [0, 0.05) is 29.3 Å². The summed E-state index contributed by atoms with van der Waals surface area (Å²) in [5.74, 6) is -1.88. The van der Waals surface area contributed by atoms with Crippen molar-refractivity contribution in [3.8, 4) is 5.75 Å². The van der Waals surface area contributed by atoms with Crippen molar-refractivity contribution in [2.45, 2.75) is 63.4 Å². The number of Topliss-reactive ketones (excluding diaryl/α,β-unsaturated/α-hetero) is 1. The first kappa shape index (κ1) is 23.6. The lowest BCUT2D eigenvalue weighted by Crippen LogP contribution is -2.36. The van der Waals surface area contributed by atoms with Gasteiger partial charge in [0.05, 0.1) is 10.6 Å². The van der Waals surface area contributed by atoms with Gasteiger partial charge >= 0.3 is 5.97 Å². The van der Waals surface area contributed by atoms with Crippen molar-refractivity contribution in [2.75, 3.05) is 0 Å². The van der Waals surface area contributed by atoms with Gasteiger partial charge in [0.25, 0.3) is 0 Å². The monoisotopic (exact) mass is 495 g/mol. The first-order chi connectivity index (χ1) is 16.8. The number of aromatic hydroxyl groups is 1. The molecule has 2 atom stereocenters. The van der Waals surface area contributed by atoms with E-state index in [0.29, 0.717) is 40.1 Å². The molecular formula is C28H27ClFNO4. The number of phenols is 1. The van der Waals surface area contributed by atoms with Crippen molar-refractivity contribution in [2.24, 2.45) is 0 Å². The molecular weight excluding hydrogens is 469 g/mol. The maximum absolute atomic E-state index is 14.1. The zero-order valence-electron chi connectivity index (χ0n) is 19.4. The van der Waals surface area contributed by atoms with Crippen LogP contribution in [-0.4, -0.2) is 23.0 Å². The number of nitrogens with one attached hydrogen (secondary N) is 1. The predicted molar refractivity (Wildman–Crippen MR) is 130 cm³/mol. The Morgan fingerprint density at radius 3 is 2.60 bits per heavy atom. The SMILES string of the molecule is CC1=C(C(=O)OC2CCCC2)C(c2cccc(O)c2)C2=C(CC(c3ccc(Cl)c(F)c3)CC2=O)N1. The highest BCUT2D eigenvalue weighted by molar-refractivity contribution is 6.30. The van der Waals surface area contributed by atoms with Crippen molar-refractivity contribution < 1.29 is 23.8 Å². The highest BCUT2D eigenvalue weighted by atomic mass is 35.5. The van der Waals surface area contributed by atoms with Gasteiger partial charge in [-0.25, -0.2) is 9.18 Å². The summed E-state index contributed by atoms with van der Waals surface area (Å²) in [4.78, 5) is 27.0. The zero-order valence-corrected chi connectivity index (χ0v) is 20.2. The molecule has 5 nitrogen and oxygen atoms in total. The Morgan fingerprint density at radius 2 is 1.89 bits per heavy atom. The van der Waals surface area contributed by atoms with E-state index in [4.69, 9.17) is 16.3 Å². The molecule has 0 saturated heterocycles. The molecule has 1 heterocycles. The summed E-state index contributed by atoms with van der Waals surface area (Å²) in [5.41, 5.74) is 3.59. The van der Waals surface area contributed by atoms with Crippen molar-refractivity contribution in [1.82, 2.24) is 5.32 Å². The predicted octanol–water partition coefficient (Wildman–Crippen LogP) is 6.03. The Morgan fingerprint density at radius 1 is 1.11 bits per heavy atom. The molecule has 0 radical (unpaired) electrons. The summed E-state index contributed by atoms with van der Waals surface area (Å²) in [5, 5.41) is 13.5. The van der Waals surface area contributed by atoms with E-state index < -0.39 is 17.7 Å². The van der Waals surface area contributed by atoms with Crippen molar-refractivity contribution in [3.63, 3.8) is 0 Å². The molecule has 3 aliphatic rings. The third kappa shape index (κ3) is 4.59. The van der Waals surface area contributed by atoms with Crippen molar-refractivity contribution >= 4 is 23.4 Å². The van der Waals surface area contributed by atoms with E-state index in [1.54, 1.807) is 31.2 Å². The van der Waals surface area contributed by atoms with Crippen LogP contribution in [0.5, 0.6) is 5.75 Å². The third-order valence-electron chi connectivity index (χ3n) is 7.24. The van der Waals surface area contributed by atoms with Crippen molar-refractivity contribution in [3.05, 3.63) is 87.0 Å². The molecule has 0 aromatic heterocycles. The molecule has 0 spiro atoms. The molecule has 2 N–H and O–H groups in total. The second-order valence-corrected chi connectivity index (χ2v) is 10.0. The fraction of sp³-hybridized carbons (Fsp3) is 0.357. The molecule has 7 heteroatoms. The van der Waals surface area contributed by atoms with Gasteiger partial charge in [0.1, 0.15) is 17.7 Å². The minimum atomic E-state index is -0.650. The number of phenolic OH excluding ortho intramolecular Hbond substituents is 1. The van der Waals surface area contributed by atoms with Crippen LogP contribution in [0.4, 0.5) is 4.39 Å². The van der Waals surface area contributed by atoms with Crippen LogP contribution in [-0.2, 0) is 14.3 Å². The van der Waals surface area contributed by atoms with Crippen LogP contribution in [0.15, 0.2) is 65.0 Å². The van der Waals surface area contributed by atoms with Crippen LogP contribution < -0.4 is 5.32 Å². The Kier molecular flexibility index (Phi) is 6.41. The molecule has 1 saturated carbocycles. The summed E-state index contributed by atoms with van der Waals surface area (Å²) in [6.07, 6.45) is 4.30. The molecule has 1 fully saturated rings. The number of hydrogen-bond acceptors (Lipinski definition) is 5. The van der Waals surface area contributed by atoms with E-state index in [9.17, 15) is 19.1 Å². The molecule has 0 amide bonds. The highest BCUT2D eigenvalue weighted by Crippen LogP contribution is 2.46. The fourth-order valence-electron chi connectivity index (χ4n) is 5.57. The fourth-order valence-corrected chi connectivity index (χ4v) is 5.69. The number of dihydropyridines is 1. The number of allylic oxidation sites excluding steroid dienone is 3. The van der Waals surface area contributed by atoms with Crippen LogP contribution in [0, 0.1) is 5.82 Å². The molecule has 1 aliphatic heterocycles. The average molecular weight is 496 g/mol. The van der Waals surface area contributed by atoms with E-state index in [1.165, 1.54) is 12.1 Å². The number of carbonyl (C=O) groups is 2. The maximum atomic E-state index is 14.1. The number of carbonyl (C=O) groups excluding carboxylic acids is 2. The van der Waals surface area contributed by atoms with Crippen molar-refractivity contribution in [1.29, 1.82) is 0 Å². The first-order valence-electron chi connectivity index (χ1n) is 12.0. The van der Waals surface area contributed by atoms with Gasteiger partial charge in [-0.05, 0) is 80.3 Å². The van der Waals surface area contributed by atoms with Gasteiger partial charge < -0.3 is 15.2 Å². The number of esters is 1. The number of ketones is 1. The van der Waals surface area contributed by atoms with Gasteiger partial charge in [-0.1, -0.05) is 29.8 Å². The van der Waals surface area contributed by atoms with Gasteiger partial charge in [0.2, 0.25) is 0 Å². The summed E-state index contributed by atoms with van der Waals surface area (Å²) in [6.45, 7) is 1.81. The third-order valence-corrected chi connectivity index (χ3v) is 7.55. The van der Waals surface area contributed by atoms with Gasteiger partial charge in [-0.3, -0.25) is 4.79 Å². The largest absolute Gasteiger partial charge is 0.508 e. The Balaban J connectivity index is 1.54. The lowest BCUT2D eigenvalue weighted by Gasteiger charge is -2.37. The minimum Gasteiger partial charge on any atom is -0.508 e. The van der Waals surface area contributed by atoms with E-state index in [1.807, 2.05) is 6.07 Å². The van der Waals surface area contributed by atoms with E-state index in [2.05, 4.69) is 5.32 Å². The van der Waals surface area contributed by atoms with E-state index in [-0.39, 0.29) is 35.0 Å². The summed E-state index contributed by atoms with van der Waals surface area (Å²) >= 11 is 5.85. The number of halogens is 2. The first-order valence-corrected chi connectivity index (χ1v) is 12.4. The van der Waals surface area contributed by atoms with Crippen LogP contribution >= 0.6 is 11.6 Å². The van der Waals surface area contributed by atoms with Crippen LogP contribution in [0.1, 0.15) is 68.4 Å². The molecule has 5 rings (SSSR count). The Labute approximate surface area is 208 Å². The van der Waals surface area contributed by atoms with E-state index in [0.717, 1.165) is 25.7 Å². The molecule has 2 aliphatic carbocycles.